The molecular weight excluding hydrogens is 277 g/mol. The van der Waals surface area contributed by atoms with Crippen molar-refractivity contribution in [3.05, 3.63) is 46.2 Å². The molecule has 6 nitrogen and oxygen atoms in total. The second-order valence-electron chi connectivity index (χ2n) is 5.06. The third-order valence-electron chi connectivity index (χ3n) is 2.81. The number of hydrogen-bond acceptors (Lipinski definition) is 5. The molecule has 0 aliphatic carbocycles. The van der Waals surface area contributed by atoms with Crippen LogP contribution in [0, 0.1) is 21.8 Å². The number of halogens is 1. The van der Waals surface area contributed by atoms with Crippen molar-refractivity contribution < 1.29 is 13.7 Å². The van der Waals surface area contributed by atoms with Crippen LogP contribution in [0.5, 0.6) is 0 Å². The molecule has 2 aromatic rings. The van der Waals surface area contributed by atoms with Gasteiger partial charge in [0.25, 0.3) is 5.69 Å². The third-order valence-corrected chi connectivity index (χ3v) is 2.81. The molecule has 0 amide bonds. The van der Waals surface area contributed by atoms with E-state index >= 15 is 0 Å². The van der Waals surface area contributed by atoms with Crippen LogP contribution in [0.2, 0.25) is 0 Å². The average Bonchev–Trinajstić information content (AvgIpc) is 2.86. The summed E-state index contributed by atoms with van der Waals surface area (Å²) in [5, 5.41) is 13.7. The molecule has 0 unspecified atom stereocenters. The molecule has 1 N–H and O–H groups in total. The standard InChI is InChI=1S/C14H16FN3O3/c1-9(2)6-16-8-14-17-7-13(21-14)11-4-3-10(18(19)20)5-12(11)15/h3-5,7,9,16H,6,8H2,1-2H3. The normalized spacial score (nSPS) is 11.0. The Balaban J connectivity index is 2.12. The van der Waals surface area contributed by atoms with E-state index < -0.39 is 10.7 Å². The molecule has 0 saturated carbocycles. The Labute approximate surface area is 121 Å². The average molecular weight is 293 g/mol. The van der Waals surface area contributed by atoms with E-state index in [-0.39, 0.29) is 17.0 Å². The predicted octanol–water partition coefficient (Wildman–Crippen LogP) is 3.13. The number of nitro benzene ring substituents is 1. The Morgan fingerprint density at radius 3 is 2.86 bits per heavy atom. The second-order valence-corrected chi connectivity index (χ2v) is 5.06. The number of nitro groups is 1. The van der Waals surface area contributed by atoms with Crippen molar-refractivity contribution in [1.29, 1.82) is 0 Å². The quantitative estimate of drug-likeness (QED) is 0.653. The molecule has 0 radical (unpaired) electrons. The van der Waals surface area contributed by atoms with Crippen LogP contribution in [0.15, 0.2) is 28.8 Å². The molecule has 0 bridgehead atoms. The lowest BCUT2D eigenvalue weighted by molar-refractivity contribution is -0.385. The SMILES string of the molecule is CC(C)CNCc1ncc(-c2ccc([N+](=O)[O-])cc2F)o1. The third kappa shape index (κ3) is 3.85. The lowest BCUT2D eigenvalue weighted by Crippen LogP contribution is -2.18. The van der Waals surface area contributed by atoms with Gasteiger partial charge in [0.15, 0.2) is 5.76 Å². The van der Waals surface area contributed by atoms with Gasteiger partial charge in [-0.1, -0.05) is 13.8 Å². The number of aromatic nitrogens is 1. The zero-order chi connectivity index (χ0) is 15.4. The van der Waals surface area contributed by atoms with E-state index in [9.17, 15) is 14.5 Å². The molecule has 0 saturated heterocycles. The molecular formula is C14H16FN3O3. The lowest BCUT2D eigenvalue weighted by Gasteiger charge is -2.04. The zero-order valence-corrected chi connectivity index (χ0v) is 11.8. The highest BCUT2D eigenvalue weighted by atomic mass is 19.1. The molecule has 0 aliphatic heterocycles. The van der Waals surface area contributed by atoms with Gasteiger partial charge in [0.2, 0.25) is 5.89 Å². The van der Waals surface area contributed by atoms with Gasteiger partial charge in [0, 0.05) is 6.07 Å². The van der Waals surface area contributed by atoms with Gasteiger partial charge in [-0.05, 0) is 18.5 Å². The Morgan fingerprint density at radius 2 is 2.24 bits per heavy atom. The largest absolute Gasteiger partial charge is 0.439 e. The van der Waals surface area contributed by atoms with Crippen molar-refractivity contribution in [2.75, 3.05) is 6.54 Å². The van der Waals surface area contributed by atoms with Gasteiger partial charge in [-0.2, -0.15) is 0 Å². The van der Waals surface area contributed by atoms with E-state index in [1.165, 1.54) is 18.3 Å². The topological polar surface area (TPSA) is 81.2 Å². The summed E-state index contributed by atoms with van der Waals surface area (Å²) in [4.78, 5) is 14.0. The fourth-order valence-electron chi connectivity index (χ4n) is 1.80. The summed E-state index contributed by atoms with van der Waals surface area (Å²) in [6.45, 7) is 5.44. The summed E-state index contributed by atoms with van der Waals surface area (Å²) in [6.07, 6.45) is 1.41. The van der Waals surface area contributed by atoms with Gasteiger partial charge in [0.05, 0.1) is 29.3 Å². The minimum Gasteiger partial charge on any atom is -0.439 e. The van der Waals surface area contributed by atoms with Crippen molar-refractivity contribution in [3.63, 3.8) is 0 Å². The van der Waals surface area contributed by atoms with Crippen LogP contribution < -0.4 is 5.32 Å². The Kier molecular flexibility index (Phi) is 4.64. The van der Waals surface area contributed by atoms with E-state index in [0.29, 0.717) is 18.4 Å². The Hall–Kier alpha value is -2.28. The summed E-state index contributed by atoms with van der Waals surface area (Å²) in [7, 11) is 0. The fourth-order valence-corrected chi connectivity index (χ4v) is 1.80. The first-order valence-corrected chi connectivity index (χ1v) is 6.57. The zero-order valence-electron chi connectivity index (χ0n) is 11.8. The lowest BCUT2D eigenvalue weighted by atomic mass is 10.1. The van der Waals surface area contributed by atoms with Crippen LogP contribution in [0.1, 0.15) is 19.7 Å². The maximum atomic E-state index is 13.9. The van der Waals surface area contributed by atoms with Gasteiger partial charge in [-0.15, -0.1) is 0 Å². The molecule has 1 aromatic carbocycles. The second kappa shape index (κ2) is 6.45. The number of nitrogens with zero attached hydrogens (tertiary/aromatic N) is 2. The van der Waals surface area contributed by atoms with Gasteiger partial charge in [-0.3, -0.25) is 10.1 Å². The fraction of sp³-hybridized carbons (Fsp3) is 0.357. The van der Waals surface area contributed by atoms with E-state index in [4.69, 9.17) is 4.42 Å². The number of nitrogens with one attached hydrogen (secondary N) is 1. The van der Waals surface area contributed by atoms with Gasteiger partial charge in [0.1, 0.15) is 5.82 Å². The number of oxazole rings is 1. The van der Waals surface area contributed by atoms with Crippen LogP contribution in [-0.4, -0.2) is 16.5 Å². The summed E-state index contributed by atoms with van der Waals surface area (Å²) >= 11 is 0. The first-order chi connectivity index (χ1) is 9.97. The Bertz CT molecular complexity index is 640. The number of benzene rings is 1. The highest BCUT2D eigenvalue weighted by Gasteiger charge is 2.15. The summed E-state index contributed by atoms with van der Waals surface area (Å²) in [6, 6.07) is 3.42. The van der Waals surface area contributed by atoms with Crippen LogP contribution in [0.25, 0.3) is 11.3 Å². The van der Waals surface area contributed by atoms with E-state index in [1.807, 2.05) is 0 Å². The molecule has 2 rings (SSSR count). The summed E-state index contributed by atoms with van der Waals surface area (Å²) in [5.41, 5.74) is -0.141. The number of rotatable bonds is 6. The van der Waals surface area contributed by atoms with Crippen LogP contribution >= 0.6 is 0 Å². The maximum absolute atomic E-state index is 13.9. The van der Waals surface area contributed by atoms with Crippen LogP contribution in [-0.2, 0) is 6.54 Å². The minimum atomic E-state index is -0.706. The van der Waals surface area contributed by atoms with E-state index in [0.717, 1.165) is 12.6 Å². The van der Waals surface area contributed by atoms with Gasteiger partial charge in [-0.25, -0.2) is 9.37 Å². The van der Waals surface area contributed by atoms with Crippen LogP contribution in [0.3, 0.4) is 0 Å². The monoisotopic (exact) mass is 293 g/mol. The first-order valence-electron chi connectivity index (χ1n) is 6.57. The molecule has 0 atom stereocenters. The summed E-state index contributed by atoms with van der Waals surface area (Å²) in [5.74, 6) is 0.501. The smallest absolute Gasteiger partial charge is 0.272 e. The molecule has 0 spiro atoms. The highest BCUT2D eigenvalue weighted by Crippen LogP contribution is 2.26. The van der Waals surface area contributed by atoms with Gasteiger partial charge >= 0.3 is 0 Å². The number of non-ortho nitro benzene ring substituents is 1. The summed E-state index contributed by atoms with van der Waals surface area (Å²) < 4.78 is 19.3. The van der Waals surface area contributed by atoms with Crippen molar-refractivity contribution in [1.82, 2.24) is 10.3 Å². The maximum Gasteiger partial charge on any atom is 0.272 e. The molecule has 0 fully saturated rings. The molecule has 21 heavy (non-hydrogen) atoms. The molecule has 1 heterocycles. The van der Waals surface area contributed by atoms with Crippen molar-refractivity contribution >= 4 is 5.69 Å². The molecule has 1 aromatic heterocycles. The molecule has 112 valence electrons. The van der Waals surface area contributed by atoms with E-state index in [2.05, 4.69) is 24.1 Å². The highest BCUT2D eigenvalue weighted by molar-refractivity contribution is 5.59. The van der Waals surface area contributed by atoms with Crippen molar-refractivity contribution in [2.24, 2.45) is 5.92 Å². The van der Waals surface area contributed by atoms with Gasteiger partial charge < -0.3 is 9.73 Å². The van der Waals surface area contributed by atoms with E-state index in [1.54, 1.807) is 0 Å². The predicted molar refractivity (Wildman–Crippen MR) is 75.1 cm³/mol. The van der Waals surface area contributed by atoms with Crippen molar-refractivity contribution in [2.45, 2.75) is 20.4 Å². The van der Waals surface area contributed by atoms with Crippen LogP contribution in [0.4, 0.5) is 10.1 Å². The Morgan fingerprint density at radius 1 is 1.48 bits per heavy atom. The molecule has 7 heteroatoms. The van der Waals surface area contributed by atoms with Crippen molar-refractivity contribution in [3.8, 4) is 11.3 Å². The first kappa shape index (κ1) is 15.1. The number of hydrogen-bond donors (Lipinski definition) is 1. The minimum absolute atomic E-state index is 0.156. The molecule has 0 aliphatic rings.